The molecule has 1 aromatic carbocycles. The molecular weight excluding hydrogens is 270 g/mol. The van der Waals surface area contributed by atoms with Crippen molar-refractivity contribution in [2.45, 2.75) is 25.5 Å². The summed E-state index contributed by atoms with van der Waals surface area (Å²) in [6.07, 6.45) is 1.69. The van der Waals surface area contributed by atoms with Crippen molar-refractivity contribution < 1.29 is 9.90 Å². The molecule has 0 aliphatic rings. The standard InChI is InChI=1S/C13H18ClNO2S/c1-9(7-8-18-2)15-13(17)12(16)10-5-3-4-6-11(10)14/h3-6,9,12,16H,7-8H2,1-2H3,(H,15,17)/t9-,12+/m0/s1. The minimum atomic E-state index is -1.21. The number of benzene rings is 1. The summed E-state index contributed by atoms with van der Waals surface area (Å²) in [7, 11) is 0. The van der Waals surface area contributed by atoms with Crippen molar-refractivity contribution in [1.29, 1.82) is 0 Å². The molecule has 2 N–H and O–H groups in total. The third-order valence-electron chi connectivity index (χ3n) is 2.59. The fourth-order valence-corrected chi connectivity index (χ4v) is 2.36. The molecule has 0 aliphatic carbocycles. The van der Waals surface area contributed by atoms with Gasteiger partial charge in [-0.25, -0.2) is 0 Å². The van der Waals surface area contributed by atoms with Crippen molar-refractivity contribution in [3.63, 3.8) is 0 Å². The van der Waals surface area contributed by atoms with Gasteiger partial charge < -0.3 is 10.4 Å². The van der Waals surface area contributed by atoms with E-state index in [2.05, 4.69) is 5.32 Å². The van der Waals surface area contributed by atoms with Gasteiger partial charge in [0.1, 0.15) is 0 Å². The molecule has 0 heterocycles. The minimum absolute atomic E-state index is 0.0436. The number of carbonyl (C=O) groups is 1. The molecule has 18 heavy (non-hydrogen) atoms. The maximum Gasteiger partial charge on any atom is 0.253 e. The lowest BCUT2D eigenvalue weighted by Gasteiger charge is -2.17. The summed E-state index contributed by atoms with van der Waals surface area (Å²) in [4.78, 5) is 11.8. The van der Waals surface area contributed by atoms with Crippen LogP contribution in [-0.2, 0) is 4.79 Å². The number of hydrogen-bond donors (Lipinski definition) is 2. The first kappa shape index (κ1) is 15.3. The zero-order valence-electron chi connectivity index (χ0n) is 10.5. The van der Waals surface area contributed by atoms with E-state index in [9.17, 15) is 9.90 Å². The van der Waals surface area contributed by atoms with Crippen molar-refractivity contribution in [1.82, 2.24) is 5.32 Å². The molecule has 100 valence electrons. The van der Waals surface area contributed by atoms with Crippen LogP contribution in [0.4, 0.5) is 0 Å². The van der Waals surface area contributed by atoms with Crippen LogP contribution in [-0.4, -0.2) is 29.1 Å². The fraction of sp³-hybridized carbons (Fsp3) is 0.462. The van der Waals surface area contributed by atoms with Crippen LogP contribution >= 0.6 is 23.4 Å². The molecule has 0 fully saturated rings. The van der Waals surface area contributed by atoms with Crippen molar-refractivity contribution in [2.24, 2.45) is 0 Å². The third-order valence-corrected chi connectivity index (χ3v) is 3.58. The van der Waals surface area contributed by atoms with E-state index < -0.39 is 12.0 Å². The largest absolute Gasteiger partial charge is 0.378 e. The SMILES string of the molecule is CSCC[C@H](C)NC(=O)[C@H](O)c1ccccc1Cl. The van der Waals surface area contributed by atoms with Crippen LogP contribution in [0.1, 0.15) is 25.0 Å². The van der Waals surface area contributed by atoms with Crippen LogP contribution in [0.15, 0.2) is 24.3 Å². The van der Waals surface area contributed by atoms with Gasteiger partial charge in [0.15, 0.2) is 6.10 Å². The first-order valence-electron chi connectivity index (χ1n) is 5.78. The second kappa shape index (κ2) is 7.67. The van der Waals surface area contributed by atoms with Crippen molar-refractivity contribution in [3.05, 3.63) is 34.9 Å². The van der Waals surface area contributed by atoms with Gasteiger partial charge in [-0.3, -0.25) is 4.79 Å². The zero-order chi connectivity index (χ0) is 13.5. The van der Waals surface area contributed by atoms with E-state index in [-0.39, 0.29) is 6.04 Å². The quantitative estimate of drug-likeness (QED) is 0.846. The second-order valence-corrected chi connectivity index (χ2v) is 5.51. The highest BCUT2D eigenvalue weighted by Gasteiger charge is 2.20. The van der Waals surface area contributed by atoms with Gasteiger partial charge in [0.25, 0.3) is 5.91 Å². The van der Waals surface area contributed by atoms with Crippen LogP contribution in [0, 0.1) is 0 Å². The Hall–Kier alpha value is -0.710. The second-order valence-electron chi connectivity index (χ2n) is 4.12. The molecule has 0 spiro atoms. The Morgan fingerprint density at radius 3 is 2.78 bits per heavy atom. The summed E-state index contributed by atoms with van der Waals surface area (Å²) in [5.74, 6) is 0.570. The predicted octanol–water partition coefficient (Wildman–Crippen LogP) is 2.63. The van der Waals surface area contributed by atoms with Crippen LogP contribution in [0.5, 0.6) is 0 Å². The fourth-order valence-electron chi connectivity index (χ4n) is 1.53. The van der Waals surface area contributed by atoms with Crippen LogP contribution < -0.4 is 5.32 Å². The first-order valence-corrected chi connectivity index (χ1v) is 7.55. The van der Waals surface area contributed by atoms with Gasteiger partial charge in [-0.2, -0.15) is 11.8 Å². The van der Waals surface area contributed by atoms with E-state index in [1.807, 2.05) is 13.2 Å². The van der Waals surface area contributed by atoms with E-state index in [4.69, 9.17) is 11.6 Å². The summed E-state index contributed by atoms with van der Waals surface area (Å²) in [5.41, 5.74) is 0.439. The molecule has 3 nitrogen and oxygen atoms in total. The highest BCUT2D eigenvalue weighted by atomic mass is 35.5. The van der Waals surface area contributed by atoms with Gasteiger partial charge in [-0.05, 0) is 31.4 Å². The molecule has 1 aromatic rings. The molecule has 0 bridgehead atoms. The summed E-state index contributed by atoms with van der Waals surface area (Å²) in [6.45, 7) is 1.92. The number of hydrogen-bond acceptors (Lipinski definition) is 3. The Morgan fingerprint density at radius 1 is 1.50 bits per heavy atom. The van der Waals surface area contributed by atoms with E-state index in [0.717, 1.165) is 12.2 Å². The average molecular weight is 288 g/mol. The van der Waals surface area contributed by atoms with Crippen molar-refractivity contribution in [2.75, 3.05) is 12.0 Å². The molecule has 0 aliphatic heterocycles. The van der Waals surface area contributed by atoms with E-state index in [1.165, 1.54) is 0 Å². The van der Waals surface area contributed by atoms with Gasteiger partial charge in [-0.15, -0.1) is 0 Å². The smallest absolute Gasteiger partial charge is 0.253 e. The lowest BCUT2D eigenvalue weighted by Crippen LogP contribution is -2.36. The Kier molecular flexibility index (Phi) is 6.54. The molecule has 0 saturated heterocycles. The van der Waals surface area contributed by atoms with Gasteiger partial charge in [0, 0.05) is 16.6 Å². The maximum absolute atomic E-state index is 11.8. The van der Waals surface area contributed by atoms with Gasteiger partial charge in [-0.1, -0.05) is 29.8 Å². The molecule has 0 radical (unpaired) electrons. The topological polar surface area (TPSA) is 49.3 Å². The molecule has 0 saturated carbocycles. The molecule has 1 rings (SSSR count). The number of aliphatic hydroxyl groups is 1. The number of nitrogens with one attached hydrogen (secondary N) is 1. The number of aliphatic hydroxyl groups excluding tert-OH is 1. The Balaban J connectivity index is 2.59. The third kappa shape index (κ3) is 4.52. The average Bonchev–Trinajstić information content (AvgIpc) is 2.36. The zero-order valence-corrected chi connectivity index (χ0v) is 12.1. The Labute approximate surface area is 117 Å². The van der Waals surface area contributed by atoms with Crippen LogP contribution in [0.25, 0.3) is 0 Å². The summed E-state index contributed by atoms with van der Waals surface area (Å²) >= 11 is 7.67. The van der Waals surface area contributed by atoms with Crippen LogP contribution in [0.3, 0.4) is 0 Å². The maximum atomic E-state index is 11.8. The lowest BCUT2D eigenvalue weighted by atomic mass is 10.1. The number of carbonyl (C=O) groups excluding carboxylic acids is 1. The predicted molar refractivity (Wildman–Crippen MR) is 77.0 cm³/mol. The molecule has 0 unspecified atom stereocenters. The summed E-state index contributed by atoms with van der Waals surface area (Å²) in [5, 5.41) is 13.1. The van der Waals surface area contributed by atoms with Gasteiger partial charge in [0.2, 0.25) is 0 Å². The molecular formula is C13H18ClNO2S. The Morgan fingerprint density at radius 2 is 2.17 bits per heavy atom. The van der Waals surface area contributed by atoms with Gasteiger partial charge in [0.05, 0.1) is 0 Å². The van der Waals surface area contributed by atoms with Crippen molar-refractivity contribution in [3.8, 4) is 0 Å². The van der Waals surface area contributed by atoms with E-state index >= 15 is 0 Å². The Bertz CT molecular complexity index is 400. The van der Waals surface area contributed by atoms with E-state index in [0.29, 0.717) is 10.6 Å². The normalized spacial score (nSPS) is 14.0. The van der Waals surface area contributed by atoms with Crippen LogP contribution in [0.2, 0.25) is 5.02 Å². The lowest BCUT2D eigenvalue weighted by molar-refractivity contribution is -0.130. The number of thioether (sulfide) groups is 1. The minimum Gasteiger partial charge on any atom is -0.378 e. The monoisotopic (exact) mass is 287 g/mol. The molecule has 2 atom stereocenters. The molecule has 5 heteroatoms. The summed E-state index contributed by atoms with van der Waals surface area (Å²) < 4.78 is 0. The first-order chi connectivity index (χ1) is 8.56. The number of halogens is 1. The molecule has 1 amide bonds. The van der Waals surface area contributed by atoms with E-state index in [1.54, 1.807) is 36.0 Å². The van der Waals surface area contributed by atoms with Gasteiger partial charge >= 0.3 is 0 Å². The molecule has 0 aromatic heterocycles. The number of amides is 1. The highest BCUT2D eigenvalue weighted by Crippen LogP contribution is 2.22. The van der Waals surface area contributed by atoms with Crippen molar-refractivity contribution >= 4 is 29.3 Å². The number of rotatable bonds is 6. The highest BCUT2D eigenvalue weighted by molar-refractivity contribution is 7.98. The summed E-state index contributed by atoms with van der Waals surface area (Å²) in [6, 6.07) is 6.86.